The third kappa shape index (κ3) is 5.48. The zero-order chi connectivity index (χ0) is 21.2. The van der Waals surface area contributed by atoms with E-state index in [0.29, 0.717) is 0 Å². The Labute approximate surface area is 179 Å². The molecule has 0 saturated heterocycles. The predicted octanol–water partition coefficient (Wildman–Crippen LogP) is 3.14. The lowest BCUT2D eigenvalue weighted by atomic mass is 10.2. The molecular formula is C19H19Cl2N3O4S. The zero-order valence-electron chi connectivity index (χ0n) is 15.5. The molecule has 0 radical (unpaired) electrons. The third-order valence-corrected chi connectivity index (χ3v) is 6.39. The molecule has 2 aromatic carbocycles. The van der Waals surface area contributed by atoms with Gasteiger partial charge in [-0.2, -0.15) is 0 Å². The summed E-state index contributed by atoms with van der Waals surface area (Å²) in [5, 5.41) is 3.13. The van der Waals surface area contributed by atoms with Gasteiger partial charge in [0.15, 0.2) is 0 Å². The number of anilines is 1. The van der Waals surface area contributed by atoms with Gasteiger partial charge < -0.3 is 10.2 Å². The van der Waals surface area contributed by atoms with Crippen molar-refractivity contribution in [2.45, 2.75) is 23.8 Å². The standard InChI is InChI=1S/C19H19Cl2N3O4S/c1-24(11-17(25)22-18-15(20)6-3-7-16(18)21)19(26)12-4-2-5-14(10-12)29(27,28)23-13-8-9-13/h2-7,10,13,23H,8-9,11H2,1H3,(H,22,25). The van der Waals surface area contributed by atoms with Crippen molar-refractivity contribution in [3.8, 4) is 0 Å². The fourth-order valence-electron chi connectivity index (χ4n) is 2.59. The van der Waals surface area contributed by atoms with E-state index in [1.165, 1.54) is 36.2 Å². The second kappa shape index (κ2) is 8.71. The molecule has 1 fully saturated rings. The molecule has 2 amide bonds. The smallest absolute Gasteiger partial charge is 0.254 e. The highest BCUT2D eigenvalue weighted by atomic mass is 35.5. The summed E-state index contributed by atoms with van der Waals surface area (Å²) >= 11 is 12.1. The van der Waals surface area contributed by atoms with Crippen molar-refractivity contribution in [3.05, 3.63) is 58.1 Å². The van der Waals surface area contributed by atoms with Crippen LogP contribution in [0.2, 0.25) is 10.0 Å². The van der Waals surface area contributed by atoms with Gasteiger partial charge in [-0.25, -0.2) is 13.1 Å². The number of benzene rings is 2. The monoisotopic (exact) mass is 455 g/mol. The molecule has 10 heteroatoms. The fraction of sp³-hybridized carbons (Fsp3) is 0.263. The molecular weight excluding hydrogens is 437 g/mol. The van der Waals surface area contributed by atoms with Crippen LogP contribution in [0.4, 0.5) is 5.69 Å². The number of nitrogens with zero attached hydrogens (tertiary/aromatic N) is 1. The average Bonchev–Trinajstić information content (AvgIpc) is 3.47. The molecule has 1 aliphatic rings. The Morgan fingerprint density at radius 3 is 2.34 bits per heavy atom. The number of rotatable bonds is 7. The lowest BCUT2D eigenvalue weighted by Gasteiger charge is -2.18. The summed E-state index contributed by atoms with van der Waals surface area (Å²) in [6, 6.07) is 10.5. The van der Waals surface area contributed by atoms with Gasteiger partial charge in [-0.1, -0.05) is 35.3 Å². The third-order valence-electron chi connectivity index (χ3n) is 4.25. The molecule has 2 aromatic rings. The van der Waals surface area contributed by atoms with E-state index in [1.807, 2.05) is 0 Å². The molecule has 0 spiro atoms. The Balaban J connectivity index is 1.68. The Hall–Kier alpha value is -2.13. The van der Waals surface area contributed by atoms with Gasteiger partial charge in [-0.3, -0.25) is 9.59 Å². The minimum absolute atomic E-state index is 0.0101. The van der Waals surface area contributed by atoms with Gasteiger partial charge in [0, 0.05) is 18.7 Å². The molecule has 3 rings (SSSR count). The highest BCUT2D eigenvalue weighted by Gasteiger charge is 2.28. The second-order valence-corrected chi connectivity index (χ2v) is 9.26. The topological polar surface area (TPSA) is 95.6 Å². The van der Waals surface area contributed by atoms with E-state index < -0.39 is 21.8 Å². The fourth-order valence-corrected chi connectivity index (χ4v) is 4.43. The number of carbonyl (C=O) groups excluding carboxylic acids is 2. The van der Waals surface area contributed by atoms with Crippen LogP contribution in [0.1, 0.15) is 23.2 Å². The summed E-state index contributed by atoms with van der Waals surface area (Å²) < 4.78 is 27.3. The number of likely N-dealkylation sites (N-methyl/N-ethyl adjacent to an activating group) is 1. The van der Waals surface area contributed by atoms with Crippen LogP contribution in [0, 0.1) is 0 Å². The summed E-state index contributed by atoms with van der Waals surface area (Å²) in [6.07, 6.45) is 1.62. The predicted molar refractivity (Wildman–Crippen MR) is 112 cm³/mol. The minimum atomic E-state index is -3.68. The van der Waals surface area contributed by atoms with Crippen molar-refractivity contribution in [2.75, 3.05) is 18.9 Å². The number of carbonyl (C=O) groups is 2. The molecule has 0 aromatic heterocycles. The van der Waals surface area contributed by atoms with Crippen molar-refractivity contribution in [2.24, 2.45) is 0 Å². The molecule has 0 unspecified atom stereocenters. The number of hydrogen-bond acceptors (Lipinski definition) is 4. The first kappa shape index (κ1) is 21.6. The number of para-hydroxylation sites is 1. The lowest BCUT2D eigenvalue weighted by molar-refractivity contribution is -0.116. The SMILES string of the molecule is CN(CC(=O)Nc1c(Cl)cccc1Cl)C(=O)c1cccc(S(=O)(=O)NC2CC2)c1. The van der Waals surface area contributed by atoms with E-state index in [1.54, 1.807) is 18.2 Å². The van der Waals surface area contributed by atoms with Gasteiger partial charge in [-0.05, 0) is 43.2 Å². The summed E-state index contributed by atoms with van der Waals surface area (Å²) in [7, 11) is -2.24. The van der Waals surface area contributed by atoms with Gasteiger partial charge in [0.05, 0.1) is 27.2 Å². The first-order chi connectivity index (χ1) is 13.7. The van der Waals surface area contributed by atoms with Gasteiger partial charge in [-0.15, -0.1) is 0 Å². The van der Waals surface area contributed by atoms with E-state index in [4.69, 9.17) is 23.2 Å². The summed E-state index contributed by atoms with van der Waals surface area (Å²) in [4.78, 5) is 26.1. The van der Waals surface area contributed by atoms with Crippen LogP contribution in [-0.2, 0) is 14.8 Å². The largest absolute Gasteiger partial charge is 0.332 e. The number of amides is 2. The molecule has 7 nitrogen and oxygen atoms in total. The van der Waals surface area contributed by atoms with Crippen LogP contribution in [0.3, 0.4) is 0 Å². The molecule has 0 atom stereocenters. The number of sulfonamides is 1. The van der Waals surface area contributed by atoms with Crippen LogP contribution >= 0.6 is 23.2 Å². The van der Waals surface area contributed by atoms with E-state index >= 15 is 0 Å². The highest BCUT2D eigenvalue weighted by molar-refractivity contribution is 7.89. The van der Waals surface area contributed by atoms with Gasteiger partial charge in [0.1, 0.15) is 0 Å². The summed E-state index contributed by atoms with van der Waals surface area (Å²) in [5.74, 6) is -0.982. The van der Waals surface area contributed by atoms with E-state index in [9.17, 15) is 18.0 Å². The number of nitrogens with one attached hydrogen (secondary N) is 2. The zero-order valence-corrected chi connectivity index (χ0v) is 17.8. The van der Waals surface area contributed by atoms with Crippen LogP contribution < -0.4 is 10.0 Å². The second-order valence-electron chi connectivity index (χ2n) is 6.73. The summed E-state index contributed by atoms with van der Waals surface area (Å²) in [5.41, 5.74) is 0.427. The molecule has 2 N–H and O–H groups in total. The lowest BCUT2D eigenvalue weighted by Crippen LogP contribution is -2.35. The molecule has 29 heavy (non-hydrogen) atoms. The van der Waals surface area contributed by atoms with Crippen molar-refractivity contribution in [1.82, 2.24) is 9.62 Å². The molecule has 1 aliphatic carbocycles. The van der Waals surface area contributed by atoms with E-state index in [0.717, 1.165) is 12.8 Å². The maximum absolute atomic E-state index is 12.7. The van der Waals surface area contributed by atoms with Gasteiger partial charge in [0.25, 0.3) is 5.91 Å². The van der Waals surface area contributed by atoms with Crippen LogP contribution in [0.25, 0.3) is 0 Å². The highest BCUT2D eigenvalue weighted by Crippen LogP contribution is 2.29. The Bertz CT molecular complexity index is 1030. The molecule has 1 saturated carbocycles. The molecule has 0 aliphatic heterocycles. The number of hydrogen-bond donors (Lipinski definition) is 2. The Kier molecular flexibility index (Phi) is 6.48. The molecule has 0 heterocycles. The molecule has 0 bridgehead atoms. The number of halogens is 2. The van der Waals surface area contributed by atoms with E-state index in [2.05, 4.69) is 10.0 Å². The first-order valence-electron chi connectivity index (χ1n) is 8.79. The minimum Gasteiger partial charge on any atom is -0.332 e. The first-order valence-corrected chi connectivity index (χ1v) is 11.0. The maximum atomic E-state index is 12.7. The van der Waals surface area contributed by atoms with Crippen molar-refractivity contribution in [1.29, 1.82) is 0 Å². The van der Waals surface area contributed by atoms with Crippen LogP contribution in [0.5, 0.6) is 0 Å². The molecule has 154 valence electrons. The van der Waals surface area contributed by atoms with Crippen molar-refractivity contribution >= 4 is 50.7 Å². The van der Waals surface area contributed by atoms with Crippen molar-refractivity contribution < 1.29 is 18.0 Å². The van der Waals surface area contributed by atoms with Gasteiger partial charge in [0.2, 0.25) is 15.9 Å². The maximum Gasteiger partial charge on any atom is 0.254 e. The van der Waals surface area contributed by atoms with Crippen molar-refractivity contribution in [3.63, 3.8) is 0 Å². The van der Waals surface area contributed by atoms with Gasteiger partial charge >= 0.3 is 0 Å². The Morgan fingerprint density at radius 1 is 1.10 bits per heavy atom. The van der Waals surface area contributed by atoms with Crippen LogP contribution in [0.15, 0.2) is 47.4 Å². The quantitative estimate of drug-likeness (QED) is 0.669. The van der Waals surface area contributed by atoms with E-state index in [-0.39, 0.29) is 38.8 Å². The Morgan fingerprint density at radius 2 is 1.72 bits per heavy atom. The average molecular weight is 456 g/mol. The normalized spacial score (nSPS) is 13.8. The van der Waals surface area contributed by atoms with Crippen LogP contribution in [-0.4, -0.2) is 44.8 Å². The summed E-state index contributed by atoms with van der Waals surface area (Å²) in [6.45, 7) is -0.266.